The Hall–Kier alpha value is -1.18. The van der Waals surface area contributed by atoms with Gasteiger partial charge >= 0.3 is 0 Å². The van der Waals surface area contributed by atoms with Crippen molar-refractivity contribution in [3.05, 3.63) is 29.6 Å². The third kappa shape index (κ3) is 1.87. The molecule has 11 heavy (non-hydrogen) atoms. The Bertz CT molecular complexity index is 279. The van der Waals surface area contributed by atoms with Crippen LogP contribution in [0, 0.1) is 12.7 Å². The Balaban J connectivity index is 3.09. The number of halogens is 1. The van der Waals surface area contributed by atoms with Gasteiger partial charge in [0.1, 0.15) is 5.82 Å². The lowest BCUT2D eigenvalue weighted by molar-refractivity contribution is 0.627. The Morgan fingerprint density at radius 2 is 2.18 bits per heavy atom. The highest BCUT2D eigenvalue weighted by Crippen LogP contribution is 2.18. The highest BCUT2D eigenvalue weighted by atomic mass is 19.1. The lowest BCUT2D eigenvalue weighted by Gasteiger charge is -1.97. The highest BCUT2D eigenvalue weighted by molar-refractivity contribution is 5.62. The number of aryl methyl sites for hydroxylation is 1. The van der Waals surface area contributed by atoms with Crippen molar-refractivity contribution in [2.45, 2.75) is 13.8 Å². The van der Waals surface area contributed by atoms with Crippen LogP contribution in [0.2, 0.25) is 0 Å². The molecule has 0 amide bonds. The van der Waals surface area contributed by atoms with Crippen LogP contribution in [0.5, 0.6) is 0 Å². The Morgan fingerprint density at radius 3 is 2.73 bits per heavy atom. The predicted molar refractivity (Wildman–Crippen MR) is 45.0 cm³/mol. The molecule has 0 heterocycles. The van der Waals surface area contributed by atoms with Crippen molar-refractivity contribution in [1.29, 1.82) is 0 Å². The summed E-state index contributed by atoms with van der Waals surface area (Å²) in [5, 5.41) is 0. The van der Waals surface area contributed by atoms with Crippen LogP contribution >= 0.6 is 0 Å². The molecule has 0 fully saturated rings. The van der Waals surface area contributed by atoms with Gasteiger partial charge < -0.3 is 0 Å². The van der Waals surface area contributed by atoms with Crippen LogP contribution in [0.3, 0.4) is 0 Å². The lowest BCUT2D eigenvalue weighted by atomic mass is 10.2. The number of rotatable bonds is 1. The van der Waals surface area contributed by atoms with Gasteiger partial charge in [-0.15, -0.1) is 0 Å². The zero-order chi connectivity index (χ0) is 8.27. The van der Waals surface area contributed by atoms with Crippen molar-refractivity contribution in [3.8, 4) is 0 Å². The third-order valence-corrected chi connectivity index (χ3v) is 1.43. The van der Waals surface area contributed by atoms with E-state index in [0.29, 0.717) is 0 Å². The minimum Gasteiger partial charge on any atom is -0.261 e. The smallest absolute Gasteiger partial charge is 0.123 e. The summed E-state index contributed by atoms with van der Waals surface area (Å²) in [5.41, 5.74) is 1.69. The number of aliphatic imine (C=N–C) groups is 1. The van der Waals surface area contributed by atoms with Crippen molar-refractivity contribution in [1.82, 2.24) is 0 Å². The van der Waals surface area contributed by atoms with E-state index in [1.807, 2.05) is 13.8 Å². The Kier molecular flexibility index (Phi) is 2.36. The molecule has 0 aliphatic heterocycles. The van der Waals surface area contributed by atoms with Gasteiger partial charge in [-0.1, -0.05) is 0 Å². The van der Waals surface area contributed by atoms with E-state index in [1.165, 1.54) is 12.1 Å². The first-order chi connectivity index (χ1) is 5.24. The van der Waals surface area contributed by atoms with E-state index >= 15 is 0 Å². The Labute approximate surface area is 65.6 Å². The van der Waals surface area contributed by atoms with E-state index in [4.69, 9.17) is 0 Å². The van der Waals surface area contributed by atoms with Gasteiger partial charge in [0.25, 0.3) is 0 Å². The second kappa shape index (κ2) is 3.28. The van der Waals surface area contributed by atoms with Crippen molar-refractivity contribution in [2.24, 2.45) is 4.99 Å². The number of hydrogen-bond donors (Lipinski definition) is 0. The van der Waals surface area contributed by atoms with E-state index in [9.17, 15) is 4.39 Å². The summed E-state index contributed by atoms with van der Waals surface area (Å²) < 4.78 is 12.5. The molecule has 0 N–H and O–H groups in total. The second-order valence-electron chi connectivity index (χ2n) is 2.32. The van der Waals surface area contributed by atoms with Crippen molar-refractivity contribution in [3.63, 3.8) is 0 Å². The van der Waals surface area contributed by atoms with Crippen molar-refractivity contribution < 1.29 is 4.39 Å². The van der Waals surface area contributed by atoms with Gasteiger partial charge in [0.05, 0.1) is 5.69 Å². The first-order valence-electron chi connectivity index (χ1n) is 3.49. The fraction of sp³-hybridized carbons (Fsp3) is 0.222. The third-order valence-electron chi connectivity index (χ3n) is 1.43. The summed E-state index contributed by atoms with van der Waals surface area (Å²) in [7, 11) is 0. The Morgan fingerprint density at radius 1 is 1.45 bits per heavy atom. The van der Waals surface area contributed by atoms with Crippen LogP contribution < -0.4 is 0 Å². The molecule has 0 aromatic heterocycles. The average molecular weight is 151 g/mol. The molecule has 0 bridgehead atoms. The maximum Gasteiger partial charge on any atom is 0.123 e. The first kappa shape index (κ1) is 7.92. The molecule has 1 rings (SSSR count). The molecule has 0 unspecified atom stereocenters. The van der Waals surface area contributed by atoms with Gasteiger partial charge in [0.2, 0.25) is 0 Å². The van der Waals surface area contributed by atoms with E-state index in [0.717, 1.165) is 11.3 Å². The molecular weight excluding hydrogens is 141 g/mol. The highest BCUT2D eigenvalue weighted by Gasteiger charge is 1.95. The van der Waals surface area contributed by atoms with Crippen molar-refractivity contribution in [2.75, 3.05) is 0 Å². The van der Waals surface area contributed by atoms with Crippen LogP contribution in [-0.2, 0) is 0 Å². The summed E-state index contributed by atoms with van der Waals surface area (Å²) in [4.78, 5) is 4.06. The predicted octanol–water partition coefficient (Wildman–Crippen LogP) is 2.86. The number of benzene rings is 1. The van der Waals surface area contributed by atoms with Crippen LogP contribution in [0.25, 0.3) is 0 Å². The minimum absolute atomic E-state index is 0.211. The summed E-state index contributed by atoms with van der Waals surface area (Å²) in [6.07, 6.45) is 1.69. The number of hydrogen-bond acceptors (Lipinski definition) is 1. The average Bonchev–Trinajstić information content (AvgIpc) is 1.95. The molecule has 1 nitrogen and oxygen atoms in total. The normalized spacial score (nSPS) is 10.8. The van der Waals surface area contributed by atoms with Gasteiger partial charge in [-0.3, -0.25) is 4.99 Å². The van der Waals surface area contributed by atoms with Gasteiger partial charge in [0, 0.05) is 6.21 Å². The molecular formula is C9H10FN. The fourth-order valence-corrected chi connectivity index (χ4v) is 0.903. The standard InChI is InChI=1S/C9H10FN/c1-3-11-9-5-4-8(10)6-7(9)2/h3-6H,1-2H3. The first-order valence-corrected chi connectivity index (χ1v) is 3.49. The molecule has 1 aromatic rings. The molecule has 0 aliphatic rings. The molecule has 0 saturated heterocycles. The van der Waals surface area contributed by atoms with Crippen LogP contribution in [0.4, 0.5) is 10.1 Å². The van der Waals surface area contributed by atoms with E-state index in [2.05, 4.69) is 4.99 Å². The van der Waals surface area contributed by atoms with Gasteiger partial charge in [-0.25, -0.2) is 4.39 Å². The summed E-state index contributed by atoms with van der Waals surface area (Å²) in [6, 6.07) is 4.56. The zero-order valence-corrected chi connectivity index (χ0v) is 6.63. The van der Waals surface area contributed by atoms with Gasteiger partial charge in [0.15, 0.2) is 0 Å². The van der Waals surface area contributed by atoms with Gasteiger partial charge in [-0.05, 0) is 37.6 Å². The maximum atomic E-state index is 12.5. The molecule has 1 aromatic carbocycles. The quantitative estimate of drug-likeness (QED) is 0.547. The second-order valence-corrected chi connectivity index (χ2v) is 2.32. The molecule has 0 aliphatic carbocycles. The van der Waals surface area contributed by atoms with Crippen LogP contribution in [-0.4, -0.2) is 6.21 Å². The summed E-state index contributed by atoms with van der Waals surface area (Å²) >= 11 is 0. The molecule has 0 spiro atoms. The molecule has 0 saturated carbocycles. The number of nitrogens with zero attached hydrogens (tertiary/aromatic N) is 1. The monoisotopic (exact) mass is 151 g/mol. The van der Waals surface area contributed by atoms with E-state index < -0.39 is 0 Å². The van der Waals surface area contributed by atoms with E-state index in [-0.39, 0.29) is 5.82 Å². The lowest BCUT2D eigenvalue weighted by Crippen LogP contribution is -1.77. The molecule has 0 atom stereocenters. The molecule has 58 valence electrons. The fourth-order valence-electron chi connectivity index (χ4n) is 0.903. The maximum absolute atomic E-state index is 12.5. The summed E-state index contributed by atoms with van der Waals surface area (Å²) in [5.74, 6) is -0.211. The van der Waals surface area contributed by atoms with Crippen LogP contribution in [0.15, 0.2) is 23.2 Å². The van der Waals surface area contributed by atoms with Crippen molar-refractivity contribution >= 4 is 11.9 Å². The minimum atomic E-state index is -0.211. The molecule has 0 radical (unpaired) electrons. The zero-order valence-electron chi connectivity index (χ0n) is 6.63. The molecule has 2 heteroatoms. The van der Waals surface area contributed by atoms with Crippen LogP contribution in [0.1, 0.15) is 12.5 Å². The van der Waals surface area contributed by atoms with E-state index in [1.54, 1.807) is 12.3 Å². The summed E-state index contributed by atoms with van der Waals surface area (Å²) in [6.45, 7) is 3.67. The van der Waals surface area contributed by atoms with Gasteiger partial charge in [-0.2, -0.15) is 0 Å². The topological polar surface area (TPSA) is 12.4 Å². The largest absolute Gasteiger partial charge is 0.261 e. The SMILES string of the molecule is CC=Nc1ccc(F)cc1C.